The van der Waals surface area contributed by atoms with E-state index in [1.807, 2.05) is 31.2 Å². The van der Waals surface area contributed by atoms with Crippen LogP contribution in [0, 0.1) is 22.7 Å². The number of aliphatic hydroxyl groups excluding tert-OH is 1. The summed E-state index contributed by atoms with van der Waals surface area (Å²) in [5.41, 5.74) is 0.915. The van der Waals surface area contributed by atoms with Crippen molar-refractivity contribution < 1.29 is 14.6 Å². The minimum atomic E-state index is -0.578. The number of carbonyl (C=O) groups is 1. The lowest BCUT2D eigenvalue weighted by Gasteiger charge is -2.40. The first-order chi connectivity index (χ1) is 12.8. The van der Waals surface area contributed by atoms with Crippen LogP contribution in [0.25, 0.3) is 0 Å². The zero-order chi connectivity index (χ0) is 21.3. The van der Waals surface area contributed by atoms with Crippen molar-refractivity contribution in [1.29, 1.82) is 0 Å². The minimum absolute atomic E-state index is 0.0382. The largest absolute Gasteiger partial charge is 0.475 e. The number of nitrogens with one attached hydrogen (secondary N) is 1. The maximum atomic E-state index is 13.1. The molecular weight excluding hydrogens is 352 g/mol. The van der Waals surface area contributed by atoms with Gasteiger partial charge in [0.05, 0.1) is 6.61 Å². The van der Waals surface area contributed by atoms with E-state index in [1.165, 1.54) is 0 Å². The van der Waals surface area contributed by atoms with Crippen LogP contribution in [0.3, 0.4) is 0 Å². The molecule has 28 heavy (non-hydrogen) atoms. The summed E-state index contributed by atoms with van der Waals surface area (Å²) in [5, 5.41) is 12.5. The average Bonchev–Trinajstić information content (AvgIpc) is 2.96. The lowest BCUT2D eigenvalue weighted by Crippen LogP contribution is -2.42. The van der Waals surface area contributed by atoms with Crippen molar-refractivity contribution in [3.05, 3.63) is 29.8 Å². The minimum Gasteiger partial charge on any atom is -0.475 e. The van der Waals surface area contributed by atoms with Crippen LogP contribution in [0.15, 0.2) is 29.3 Å². The highest BCUT2D eigenvalue weighted by Gasteiger charge is 2.40. The van der Waals surface area contributed by atoms with Gasteiger partial charge in [0.25, 0.3) is 0 Å². The molecule has 0 bridgehead atoms. The van der Waals surface area contributed by atoms with Gasteiger partial charge in [0.2, 0.25) is 11.8 Å². The van der Waals surface area contributed by atoms with Gasteiger partial charge in [-0.1, -0.05) is 48.5 Å². The predicted molar refractivity (Wildman–Crippen MR) is 115 cm³/mol. The summed E-state index contributed by atoms with van der Waals surface area (Å²) < 4.78 is 5.62. The summed E-state index contributed by atoms with van der Waals surface area (Å²) in [7, 11) is 0. The fourth-order valence-corrected chi connectivity index (χ4v) is 3.55. The molecule has 0 radical (unpaired) electrons. The van der Waals surface area contributed by atoms with Crippen molar-refractivity contribution in [2.24, 2.45) is 27.7 Å². The smallest absolute Gasteiger partial charge is 0.228 e. The highest BCUT2D eigenvalue weighted by Crippen LogP contribution is 2.41. The van der Waals surface area contributed by atoms with E-state index in [2.05, 4.69) is 58.8 Å². The fraction of sp³-hybridized carbons (Fsp3) is 0.652. The Hall–Kier alpha value is -1.88. The van der Waals surface area contributed by atoms with Gasteiger partial charge in [-0.05, 0) is 47.9 Å². The third-order valence-corrected chi connectivity index (χ3v) is 5.71. The molecule has 156 valence electrons. The third-order valence-electron chi connectivity index (χ3n) is 5.71. The Labute approximate surface area is 169 Å². The summed E-state index contributed by atoms with van der Waals surface area (Å²) in [6, 6.07) is 7.51. The summed E-state index contributed by atoms with van der Waals surface area (Å²) in [6.45, 7) is 17.2. The van der Waals surface area contributed by atoms with Gasteiger partial charge in [-0.2, -0.15) is 0 Å². The molecule has 1 aromatic carbocycles. The molecule has 1 amide bonds. The second-order valence-corrected chi connectivity index (χ2v) is 10.4. The molecule has 3 atom stereocenters. The molecule has 0 aromatic heterocycles. The summed E-state index contributed by atoms with van der Waals surface area (Å²) in [4.78, 5) is 17.6. The zero-order valence-corrected chi connectivity index (χ0v) is 18.6. The number of hydrogen-bond donors (Lipinski definition) is 2. The number of rotatable bonds is 5. The number of aliphatic imine (C=N–C) groups is 1. The lowest BCUT2D eigenvalue weighted by molar-refractivity contribution is -0.127. The molecule has 5 heteroatoms. The molecule has 3 unspecified atom stereocenters. The van der Waals surface area contributed by atoms with Gasteiger partial charge in [-0.25, -0.2) is 4.99 Å². The van der Waals surface area contributed by atoms with Gasteiger partial charge < -0.3 is 15.2 Å². The molecule has 0 fully saturated rings. The molecule has 1 heterocycles. The standard InChI is InChI=1S/C23H36N2O3/c1-15(21(2,3)4)18(22(5,6)7)19(27)24-17-11-9-16(10-12-17)20-25-23(8,13-26)14-28-20/h9-12,15,18,26H,13-14H2,1-8H3,(H,24,27). The van der Waals surface area contributed by atoms with E-state index in [4.69, 9.17) is 4.74 Å². The first-order valence-corrected chi connectivity index (χ1v) is 10.0. The van der Waals surface area contributed by atoms with E-state index < -0.39 is 5.54 Å². The lowest BCUT2D eigenvalue weighted by atomic mass is 9.64. The third kappa shape index (κ3) is 5.13. The summed E-state index contributed by atoms with van der Waals surface area (Å²) in [6.07, 6.45) is 0. The molecule has 0 aliphatic carbocycles. The molecule has 1 aliphatic rings. The van der Waals surface area contributed by atoms with E-state index in [-0.39, 0.29) is 35.2 Å². The van der Waals surface area contributed by atoms with Crippen LogP contribution >= 0.6 is 0 Å². The van der Waals surface area contributed by atoms with E-state index in [0.717, 1.165) is 11.3 Å². The first-order valence-electron chi connectivity index (χ1n) is 10.0. The maximum Gasteiger partial charge on any atom is 0.228 e. The Morgan fingerprint density at radius 1 is 1.18 bits per heavy atom. The maximum absolute atomic E-state index is 13.1. The fourth-order valence-electron chi connectivity index (χ4n) is 3.55. The van der Waals surface area contributed by atoms with Gasteiger partial charge in [0, 0.05) is 17.2 Å². The first kappa shape index (κ1) is 22.4. The molecule has 0 spiro atoms. The van der Waals surface area contributed by atoms with Gasteiger partial charge >= 0.3 is 0 Å². The van der Waals surface area contributed by atoms with Crippen LogP contribution in [-0.4, -0.2) is 35.7 Å². The highest BCUT2D eigenvalue weighted by atomic mass is 16.5. The molecule has 1 aromatic rings. The number of aliphatic hydroxyl groups is 1. The number of carbonyl (C=O) groups excluding carboxylic acids is 1. The highest BCUT2D eigenvalue weighted by molar-refractivity contribution is 5.97. The van der Waals surface area contributed by atoms with Crippen molar-refractivity contribution in [2.75, 3.05) is 18.5 Å². The van der Waals surface area contributed by atoms with Gasteiger partial charge in [0.15, 0.2) is 0 Å². The van der Waals surface area contributed by atoms with Crippen LogP contribution < -0.4 is 5.32 Å². The number of ether oxygens (including phenoxy) is 1. The summed E-state index contributed by atoms with van der Waals surface area (Å²) >= 11 is 0. The predicted octanol–water partition coefficient (Wildman–Crippen LogP) is 4.50. The Balaban J connectivity index is 2.16. The SMILES string of the molecule is CC(C(C(=O)Nc1ccc(C2=NC(C)(CO)CO2)cc1)C(C)(C)C)C(C)(C)C. The molecular formula is C23H36N2O3. The van der Waals surface area contributed by atoms with Crippen LogP contribution in [0.4, 0.5) is 5.69 Å². The van der Waals surface area contributed by atoms with Crippen molar-refractivity contribution in [1.82, 2.24) is 0 Å². The second kappa shape index (κ2) is 7.86. The second-order valence-electron chi connectivity index (χ2n) is 10.4. The van der Waals surface area contributed by atoms with Crippen LogP contribution in [0.5, 0.6) is 0 Å². The number of nitrogens with zero attached hydrogens (tertiary/aromatic N) is 1. The van der Waals surface area contributed by atoms with Crippen molar-refractivity contribution >= 4 is 17.5 Å². The Kier molecular flexibility index (Phi) is 6.29. The molecule has 1 aliphatic heterocycles. The van der Waals surface area contributed by atoms with Crippen molar-refractivity contribution in [2.45, 2.75) is 60.9 Å². The van der Waals surface area contributed by atoms with Gasteiger partial charge in [0.1, 0.15) is 12.1 Å². The quantitative estimate of drug-likeness (QED) is 0.780. The number of amides is 1. The molecule has 5 nitrogen and oxygen atoms in total. The molecule has 2 rings (SSSR count). The monoisotopic (exact) mass is 388 g/mol. The van der Waals surface area contributed by atoms with E-state index in [1.54, 1.807) is 0 Å². The average molecular weight is 389 g/mol. The van der Waals surface area contributed by atoms with Crippen molar-refractivity contribution in [3.8, 4) is 0 Å². The van der Waals surface area contributed by atoms with E-state index >= 15 is 0 Å². The molecule has 0 saturated heterocycles. The summed E-state index contributed by atoms with van der Waals surface area (Å²) in [5.74, 6) is 0.692. The zero-order valence-electron chi connectivity index (χ0n) is 18.6. The molecule has 2 N–H and O–H groups in total. The van der Waals surface area contributed by atoms with E-state index in [9.17, 15) is 9.90 Å². The van der Waals surface area contributed by atoms with Crippen LogP contribution in [0.1, 0.15) is 61.0 Å². The topological polar surface area (TPSA) is 70.9 Å². The van der Waals surface area contributed by atoms with Crippen LogP contribution in [-0.2, 0) is 9.53 Å². The molecule has 0 saturated carbocycles. The van der Waals surface area contributed by atoms with Gasteiger partial charge in [-0.15, -0.1) is 0 Å². The Bertz CT molecular complexity index is 726. The van der Waals surface area contributed by atoms with Crippen molar-refractivity contribution in [3.63, 3.8) is 0 Å². The van der Waals surface area contributed by atoms with Gasteiger partial charge in [-0.3, -0.25) is 4.79 Å². The Morgan fingerprint density at radius 2 is 1.75 bits per heavy atom. The number of benzene rings is 1. The normalized spacial score (nSPS) is 22.2. The van der Waals surface area contributed by atoms with E-state index in [0.29, 0.717) is 12.5 Å². The Morgan fingerprint density at radius 3 is 2.18 bits per heavy atom. The number of anilines is 1. The number of hydrogen-bond acceptors (Lipinski definition) is 4. The van der Waals surface area contributed by atoms with Crippen LogP contribution in [0.2, 0.25) is 0 Å².